The molecule has 426 valence electrons. The third kappa shape index (κ3) is 54.3. The van der Waals surface area contributed by atoms with Gasteiger partial charge in [-0.05, 0) is 96.0 Å². The third-order valence-electron chi connectivity index (χ3n) is 13.4. The third-order valence-corrected chi connectivity index (χ3v) is 14.4. The van der Waals surface area contributed by atoms with Gasteiger partial charge in [0.2, 0.25) is 5.91 Å². The summed E-state index contributed by atoms with van der Waals surface area (Å²) in [6, 6.07) is -0.858. The normalized spacial score (nSPS) is 14.1. The Kier molecular flexibility index (Phi) is 51.5. The maximum atomic E-state index is 13.5. The van der Waals surface area contributed by atoms with Gasteiger partial charge in [-0.3, -0.25) is 18.6 Å². The van der Waals surface area contributed by atoms with Crippen LogP contribution in [-0.4, -0.2) is 74.3 Å². The molecular formula is C63H118N2O7P+. The van der Waals surface area contributed by atoms with Crippen molar-refractivity contribution in [3.8, 4) is 0 Å². The van der Waals surface area contributed by atoms with E-state index in [1.165, 1.54) is 148 Å². The van der Waals surface area contributed by atoms with Crippen LogP contribution in [0.2, 0.25) is 0 Å². The van der Waals surface area contributed by atoms with E-state index in [9.17, 15) is 19.0 Å². The van der Waals surface area contributed by atoms with Crippen LogP contribution in [0.15, 0.2) is 60.8 Å². The number of phosphoric ester groups is 1. The maximum absolute atomic E-state index is 13.5. The van der Waals surface area contributed by atoms with Gasteiger partial charge in [0.15, 0.2) is 0 Å². The average Bonchev–Trinajstić information content (AvgIpc) is 3.35. The fraction of sp³-hybridized carbons (Fsp3) is 0.810. The minimum absolute atomic E-state index is 0.0355. The van der Waals surface area contributed by atoms with Crippen LogP contribution in [0.3, 0.4) is 0 Å². The molecule has 0 rings (SSSR count). The Balaban J connectivity index is 5.27. The molecule has 2 N–H and O–H groups in total. The number of quaternary nitrogens is 1. The highest BCUT2D eigenvalue weighted by molar-refractivity contribution is 7.47. The second-order valence-corrected chi connectivity index (χ2v) is 23.3. The van der Waals surface area contributed by atoms with Gasteiger partial charge < -0.3 is 19.4 Å². The number of nitrogens with zero attached hydrogens (tertiary/aromatic N) is 1. The van der Waals surface area contributed by atoms with Gasteiger partial charge in [-0.2, -0.15) is 0 Å². The van der Waals surface area contributed by atoms with E-state index >= 15 is 0 Å². The van der Waals surface area contributed by atoms with E-state index in [0.717, 1.165) is 89.9 Å². The van der Waals surface area contributed by atoms with Gasteiger partial charge in [-0.15, -0.1) is 0 Å². The molecule has 1 amide bonds. The van der Waals surface area contributed by atoms with E-state index in [4.69, 9.17) is 13.8 Å². The van der Waals surface area contributed by atoms with E-state index in [0.29, 0.717) is 23.9 Å². The van der Waals surface area contributed by atoms with E-state index < -0.39 is 20.0 Å². The number of ether oxygens (including phenoxy) is 1. The molecule has 3 atom stereocenters. The van der Waals surface area contributed by atoms with Crippen molar-refractivity contribution in [2.24, 2.45) is 0 Å². The molecule has 0 aromatic rings. The summed E-state index contributed by atoms with van der Waals surface area (Å²) < 4.78 is 30.6. The number of unbranched alkanes of at least 4 members (excludes halogenated alkanes) is 31. The standard InChI is InChI=1S/C63H117N2O7P/c1-7-10-13-16-19-22-25-28-30-31-32-33-34-35-36-37-40-43-46-49-52-55-62(66)64-60(59-71-73(68,69)70-58-57-65(4,5)6)61(54-51-48-45-42-39-27-24-21-18-15-12-9-3)72-63(67)56-53-50-47-44-41-38-29-26-23-20-17-14-11-8-2/h19,22,28,30,32-33,38,41,51,54,60-61H,7-18,20-21,23-27,29,31,34-37,39-40,42-50,52-53,55-59H2,1-6H3,(H-,64,66,68,69)/p+1/b22-19-,30-28-,33-32-,41-38-,54-51-. The summed E-state index contributed by atoms with van der Waals surface area (Å²) in [5, 5.41) is 3.05. The number of carbonyl (C=O) groups excluding carboxylic acids is 2. The van der Waals surface area contributed by atoms with Crippen LogP contribution in [0.1, 0.15) is 278 Å². The van der Waals surface area contributed by atoms with Crippen molar-refractivity contribution >= 4 is 19.7 Å². The molecule has 73 heavy (non-hydrogen) atoms. The van der Waals surface area contributed by atoms with E-state index in [2.05, 4.69) is 74.7 Å². The zero-order valence-corrected chi connectivity index (χ0v) is 49.5. The molecule has 10 heteroatoms. The molecule has 0 bridgehead atoms. The first-order chi connectivity index (χ1) is 35.4. The number of likely N-dealkylation sites (N-methyl/N-ethyl adjacent to an activating group) is 1. The van der Waals surface area contributed by atoms with Crippen LogP contribution in [-0.2, 0) is 27.9 Å². The van der Waals surface area contributed by atoms with Crippen molar-refractivity contribution in [3.63, 3.8) is 0 Å². The second kappa shape index (κ2) is 53.1. The van der Waals surface area contributed by atoms with Crippen molar-refractivity contribution < 1.29 is 37.3 Å². The monoisotopic (exact) mass is 1050 g/mol. The van der Waals surface area contributed by atoms with E-state index in [1.807, 2.05) is 33.3 Å². The zero-order chi connectivity index (χ0) is 53.6. The molecule has 0 fully saturated rings. The van der Waals surface area contributed by atoms with Crippen LogP contribution in [0.25, 0.3) is 0 Å². The summed E-state index contributed by atoms with van der Waals surface area (Å²) in [6.45, 7) is 6.97. The van der Waals surface area contributed by atoms with Gasteiger partial charge in [0.25, 0.3) is 0 Å². The van der Waals surface area contributed by atoms with Crippen molar-refractivity contribution in [1.29, 1.82) is 0 Å². The highest BCUT2D eigenvalue weighted by atomic mass is 31.2. The minimum Gasteiger partial charge on any atom is -0.456 e. The number of allylic oxidation sites excluding steroid dienone is 9. The van der Waals surface area contributed by atoms with Crippen LogP contribution in [0.5, 0.6) is 0 Å². The molecule has 0 spiro atoms. The SMILES string of the molecule is CCCCC/C=C\C/C=C\C/C=C\CCCCCCCCCCC(=O)NC(COP(=O)(O)OCC[N+](C)(C)C)C(/C=C\CCCCCCCCCCCC)OC(=O)CCCCC/C=C\CCCCCCCCC. The second-order valence-electron chi connectivity index (χ2n) is 21.9. The number of rotatable bonds is 55. The molecule has 9 nitrogen and oxygen atoms in total. The topological polar surface area (TPSA) is 111 Å². The minimum atomic E-state index is -4.45. The Morgan fingerprint density at radius 2 is 0.836 bits per heavy atom. The Bertz CT molecular complexity index is 1440. The number of amides is 1. The lowest BCUT2D eigenvalue weighted by Crippen LogP contribution is -2.47. The molecule has 0 heterocycles. The Labute approximate surface area is 451 Å². The first kappa shape index (κ1) is 70.7. The lowest BCUT2D eigenvalue weighted by atomic mass is 10.0. The van der Waals surface area contributed by atoms with Gasteiger partial charge in [0.1, 0.15) is 19.3 Å². The number of phosphoric acid groups is 1. The molecule has 0 saturated heterocycles. The first-order valence-electron chi connectivity index (χ1n) is 30.6. The number of hydrogen-bond acceptors (Lipinski definition) is 6. The van der Waals surface area contributed by atoms with Crippen molar-refractivity contribution in [3.05, 3.63) is 60.8 Å². The Morgan fingerprint density at radius 3 is 1.30 bits per heavy atom. The lowest BCUT2D eigenvalue weighted by Gasteiger charge is -2.27. The summed E-state index contributed by atoms with van der Waals surface area (Å²) in [5.74, 6) is -0.528. The maximum Gasteiger partial charge on any atom is 0.472 e. The van der Waals surface area contributed by atoms with Crippen LogP contribution in [0, 0.1) is 0 Å². The fourth-order valence-corrected chi connectivity index (χ4v) is 9.38. The van der Waals surface area contributed by atoms with Gasteiger partial charge in [0, 0.05) is 12.8 Å². The van der Waals surface area contributed by atoms with Gasteiger partial charge in [-0.25, -0.2) is 4.57 Å². The van der Waals surface area contributed by atoms with Crippen molar-refractivity contribution in [2.75, 3.05) is 40.9 Å². The average molecular weight is 1050 g/mol. The van der Waals surface area contributed by atoms with E-state index in [1.54, 1.807) is 0 Å². The largest absolute Gasteiger partial charge is 0.472 e. The fourth-order valence-electron chi connectivity index (χ4n) is 8.65. The van der Waals surface area contributed by atoms with Crippen molar-refractivity contribution in [2.45, 2.75) is 290 Å². The molecule has 0 aliphatic rings. The van der Waals surface area contributed by atoms with E-state index in [-0.39, 0.29) is 31.5 Å². The molecule has 0 aromatic heterocycles. The highest BCUT2D eigenvalue weighted by Gasteiger charge is 2.30. The molecule has 0 aliphatic heterocycles. The number of nitrogens with one attached hydrogen (secondary N) is 1. The molecule has 0 aliphatic carbocycles. The van der Waals surface area contributed by atoms with Crippen LogP contribution >= 0.6 is 7.82 Å². The molecular weight excluding hydrogens is 928 g/mol. The first-order valence-corrected chi connectivity index (χ1v) is 32.1. The van der Waals surface area contributed by atoms with Gasteiger partial charge >= 0.3 is 13.8 Å². The Morgan fingerprint density at radius 1 is 0.479 bits per heavy atom. The summed E-state index contributed by atoms with van der Waals surface area (Å²) >= 11 is 0. The van der Waals surface area contributed by atoms with Crippen molar-refractivity contribution in [1.82, 2.24) is 5.32 Å². The summed E-state index contributed by atoms with van der Waals surface area (Å²) in [5.41, 5.74) is 0. The summed E-state index contributed by atoms with van der Waals surface area (Å²) in [4.78, 5) is 37.6. The van der Waals surface area contributed by atoms with Gasteiger partial charge in [0.05, 0.1) is 33.8 Å². The number of carbonyl (C=O) groups is 2. The molecule has 0 aromatic carbocycles. The molecule has 0 saturated carbocycles. The van der Waals surface area contributed by atoms with Gasteiger partial charge in [-0.1, -0.05) is 230 Å². The smallest absolute Gasteiger partial charge is 0.456 e. The van der Waals surface area contributed by atoms with Crippen LogP contribution < -0.4 is 5.32 Å². The Hall–Kier alpha value is -2.29. The lowest BCUT2D eigenvalue weighted by molar-refractivity contribution is -0.870. The van der Waals surface area contributed by atoms with Crippen LogP contribution in [0.4, 0.5) is 0 Å². The quantitative estimate of drug-likeness (QED) is 0.0205. The predicted octanol–water partition coefficient (Wildman–Crippen LogP) is 18.7. The predicted molar refractivity (Wildman–Crippen MR) is 314 cm³/mol. The number of hydrogen-bond donors (Lipinski definition) is 2. The zero-order valence-electron chi connectivity index (χ0n) is 48.6. The summed E-state index contributed by atoms with van der Waals surface area (Å²) in [6.07, 6.45) is 66.4. The summed E-state index contributed by atoms with van der Waals surface area (Å²) in [7, 11) is 1.48. The molecule has 0 radical (unpaired) electrons. The highest BCUT2D eigenvalue weighted by Crippen LogP contribution is 2.43. The number of esters is 1. The molecule has 3 unspecified atom stereocenters.